The Morgan fingerprint density at radius 1 is 1.36 bits per heavy atom. The van der Waals surface area contributed by atoms with Crippen molar-refractivity contribution in [3.05, 3.63) is 24.0 Å². The molecule has 1 unspecified atom stereocenters. The average molecular weight is 194 g/mol. The van der Waals surface area contributed by atoms with Gasteiger partial charge in [-0.2, -0.15) is 0 Å². The van der Waals surface area contributed by atoms with Crippen molar-refractivity contribution in [1.82, 2.24) is 0 Å². The van der Waals surface area contributed by atoms with Gasteiger partial charge in [-0.15, -0.1) is 0 Å². The minimum atomic E-state index is -0.193. The van der Waals surface area contributed by atoms with Crippen LogP contribution in [0, 0.1) is 11.7 Å². The number of hydrogen-bond acceptors (Lipinski definition) is 2. The standard InChI is InChI=1S/C11H15FN2/c1-7(2)11-6-13-10-5-8(12)3-4-9(10)14-11/h3-5,7,11,13-14H,6H2,1-2H3. The van der Waals surface area contributed by atoms with E-state index in [0.29, 0.717) is 12.0 Å². The Hall–Kier alpha value is -1.25. The first-order valence-corrected chi connectivity index (χ1v) is 4.97. The average Bonchev–Trinajstić information content (AvgIpc) is 2.16. The second kappa shape index (κ2) is 3.48. The molecule has 0 saturated heterocycles. The summed E-state index contributed by atoms with van der Waals surface area (Å²) in [5.41, 5.74) is 1.86. The van der Waals surface area contributed by atoms with Crippen LogP contribution in [0.15, 0.2) is 18.2 Å². The number of fused-ring (bicyclic) bond motifs is 1. The van der Waals surface area contributed by atoms with Gasteiger partial charge in [0, 0.05) is 12.6 Å². The summed E-state index contributed by atoms with van der Waals surface area (Å²) in [5.74, 6) is 0.377. The predicted octanol–water partition coefficient (Wildman–Crippen LogP) is 2.69. The van der Waals surface area contributed by atoms with Gasteiger partial charge < -0.3 is 10.6 Å². The largest absolute Gasteiger partial charge is 0.381 e. The monoisotopic (exact) mass is 194 g/mol. The smallest absolute Gasteiger partial charge is 0.125 e. The van der Waals surface area contributed by atoms with Crippen LogP contribution in [-0.4, -0.2) is 12.6 Å². The van der Waals surface area contributed by atoms with E-state index >= 15 is 0 Å². The first-order chi connectivity index (χ1) is 6.66. The van der Waals surface area contributed by atoms with Gasteiger partial charge in [0.2, 0.25) is 0 Å². The first kappa shape index (κ1) is 9.31. The van der Waals surface area contributed by atoms with E-state index in [1.807, 2.05) is 0 Å². The third-order valence-corrected chi connectivity index (χ3v) is 2.64. The van der Waals surface area contributed by atoms with Crippen molar-refractivity contribution in [2.45, 2.75) is 19.9 Å². The van der Waals surface area contributed by atoms with Gasteiger partial charge in [0.05, 0.1) is 11.4 Å². The molecule has 2 N–H and O–H groups in total. The van der Waals surface area contributed by atoms with E-state index in [4.69, 9.17) is 0 Å². The quantitative estimate of drug-likeness (QED) is 0.718. The highest BCUT2D eigenvalue weighted by molar-refractivity contribution is 5.71. The van der Waals surface area contributed by atoms with Crippen molar-refractivity contribution in [2.75, 3.05) is 17.2 Å². The number of halogens is 1. The molecule has 1 aliphatic heterocycles. The van der Waals surface area contributed by atoms with Crippen LogP contribution in [0.2, 0.25) is 0 Å². The topological polar surface area (TPSA) is 24.1 Å². The van der Waals surface area contributed by atoms with Gasteiger partial charge in [0.15, 0.2) is 0 Å². The summed E-state index contributed by atoms with van der Waals surface area (Å²) >= 11 is 0. The second-order valence-electron chi connectivity index (χ2n) is 4.07. The van der Waals surface area contributed by atoms with E-state index in [9.17, 15) is 4.39 Å². The van der Waals surface area contributed by atoms with E-state index in [0.717, 1.165) is 17.9 Å². The molecule has 0 radical (unpaired) electrons. The highest BCUT2D eigenvalue weighted by Crippen LogP contribution is 2.28. The normalized spacial score (nSPS) is 19.9. The summed E-state index contributed by atoms with van der Waals surface area (Å²) in [7, 11) is 0. The highest BCUT2D eigenvalue weighted by Gasteiger charge is 2.19. The number of hydrogen-bond donors (Lipinski definition) is 2. The summed E-state index contributed by atoms with van der Waals surface area (Å²) in [6.07, 6.45) is 0. The van der Waals surface area contributed by atoms with E-state index in [2.05, 4.69) is 24.5 Å². The van der Waals surface area contributed by atoms with Crippen molar-refractivity contribution in [3.63, 3.8) is 0 Å². The minimum Gasteiger partial charge on any atom is -0.381 e. The fourth-order valence-electron chi connectivity index (χ4n) is 1.66. The molecule has 0 spiro atoms. The van der Waals surface area contributed by atoms with Gasteiger partial charge in [0.25, 0.3) is 0 Å². The van der Waals surface area contributed by atoms with Gasteiger partial charge in [-0.3, -0.25) is 0 Å². The molecular formula is C11H15FN2. The van der Waals surface area contributed by atoms with Gasteiger partial charge >= 0.3 is 0 Å². The van der Waals surface area contributed by atoms with Crippen molar-refractivity contribution >= 4 is 11.4 Å². The maximum Gasteiger partial charge on any atom is 0.125 e. The van der Waals surface area contributed by atoms with Crippen LogP contribution in [0.3, 0.4) is 0 Å². The van der Waals surface area contributed by atoms with Gasteiger partial charge in [-0.1, -0.05) is 13.8 Å². The Labute approximate surface area is 83.5 Å². The molecule has 1 heterocycles. The molecule has 0 fully saturated rings. The fourth-order valence-corrected chi connectivity index (χ4v) is 1.66. The summed E-state index contributed by atoms with van der Waals surface area (Å²) in [4.78, 5) is 0. The Bertz CT molecular complexity index is 336. The lowest BCUT2D eigenvalue weighted by Gasteiger charge is -2.30. The first-order valence-electron chi connectivity index (χ1n) is 4.97. The molecular weight excluding hydrogens is 179 g/mol. The zero-order valence-electron chi connectivity index (χ0n) is 8.47. The molecule has 0 bridgehead atoms. The Balaban J connectivity index is 2.23. The summed E-state index contributed by atoms with van der Waals surface area (Å²) in [5, 5.41) is 6.63. The maximum absolute atomic E-state index is 12.9. The zero-order chi connectivity index (χ0) is 10.1. The van der Waals surface area contributed by atoms with Crippen LogP contribution in [0.5, 0.6) is 0 Å². The lowest BCUT2D eigenvalue weighted by Crippen LogP contribution is -2.36. The van der Waals surface area contributed by atoms with Crippen LogP contribution in [0.4, 0.5) is 15.8 Å². The molecule has 14 heavy (non-hydrogen) atoms. The lowest BCUT2D eigenvalue weighted by molar-refractivity contribution is 0.536. The summed E-state index contributed by atoms with van der Waals surface area (Å²) < 4.78 is 12.9. The van der Waals surface area contributed by atoms with E-state index in [-0.39, 0.29) is 5.82 Å². The van der Waals surface area contributed by atoms with Gasteiger partial charge in [-0.05, 0) is 24.1 Å². The van der Waals surface area contributed by atoms with Crippen LogP contribution < -0.4 is 10.6 Å². The van der Waals surface area contributed by atoms with E-state index in [1.54, 1.807) is 6.07 Å². The molecule has 0 aromatic heterocycles. The molecule has 1 aromatic carbocycles. The Morgan fingerprint density at radius 3 is 2.86 bits per heavy atom. The maximum atomic E-state index is 12.9. The molecule has 3 heteroatoms. The number of rotatable bonds is 1. The van der Waals surface area contributed by atoms with Crippen molar-refractivity contribution < 1.29 is 4.39 Å². The van der Waals surface area contributed by atoms with E-state index in [1.165, 1.54) is 12.1 Å². The van der Waals surface area contributed by atoms with Gasteiger partial charge in [0.1, 0.15) is 5.82 Å². The van der Waals surface area contributed by atoms with Crippen molar-refractivity contribution in [3.8, 4) is 0 Å². The molecule has 0 amide bonds. The Morgan fingerprint density at radius 2 is 2.14 bits per heavy atom. The highest BCUT2D eigenvalue weighted by atomic mass is 19.1. The predicted molar refractivity (Wildman–Crippen MR) is 57.1 cm³/mol. The lowest BCUT2D eigenvalue weighted by atomic mass is 10.0. The van der Waals surface area contributed by atoms with Crippen molar-refractivity contribution in [2.24, 2.45) is 5.92 Å². The number of benzene rings is 1. The minimum absolute atomic E-state index is 0.193. The van der Waals surface area contributed by atoms with Crippen LogP contribution in [-0.2, 0) is 0 Å². The molecule has 1 aromatic rings. The number of nitrogens with one attached hydrogen (secondary N) is 2. The summed E-state index contributed by atoms with van der Waals surface area (Å²) in [6.45, 7) is 5.20. The third kappa shape index (κ3) is 1.67. The SMILES string of the molecule is CC(C)C1CNc2cc(F)ccc2N1. The summed E-state index contributed by atoms with van der Waals surface area (Å²) in [6, 6.07) is 5.22. The van der Waals surface area contributed by atoms with Crippen LogP contribution >= 0.6 is 0 Å². The second-order valence-corrected chi connectivity index (χ2v) is 4.07. The molecule has 0 saturated carbocycles. The van der Waals surface area contributed by atoms with Gasteiger partial charge in [-0.25, -0.2) is 4.39 Å². The molecule has 2 nitrogen and oxygen atoms in total. The fraction of sp³-hybridized carbons (Fsp3) is 0.455. The molecule has 76 valence electrons. The number of anilines is 2. The third-order valence-electron chi connectivity index (χ3n) is 2.64. The Kier molecular flexibility index (Phi) is 2.32. The zero-order valence-corrected chi connectivity index (χ0v) is 8.47. The van der Waals surface area contributed by atoms with Crippen LogP contribution in [0.1, 0.15) is 13.8 Å². The molecule has 2 rings (SSSR count). The molecule has 1 aliphatic rings. The van der Waals surface area contributed by atoms with E-state index < -0.39 is 0 Å². The molecule has 1 atom stereocenters. The van der Waals surface area contributed by atoms with Crippen LogP contribution in [0.25, 0.3) is 0 Å². The van der Waals surface area contributed by atoms with Crippen molar-refractivity contribution in [1.29, 1.82) is 0 Å². The molecule has 0 aliphatic carbocycles.